The fraction of sp³-hybridized carbons (Fsp3) is 0.414. The largest absolute Gasteiger partial charge is 0.495 e. The third kappa shape index (κ3) is 9.95. The van der Waals surface area contributed by atoms with E-state index in [4.69, 9.17) is 21.4 Å². The molecule has 40 heavy (non-hydrogen) atoms. The number of ether oxygens (including phenoxy) is 1. The van der Waals surface area contributed by atoms with Gasteiger partial charge in [-0.25, -0.2) is 0 Å². The van der Waals surface area contributed by atoms with E-state index in [-0.39, 0.29) is 19.4 Å². The summed E-state index contributed by atoms with van der Waals surface area (Å²) in [6, 6.07) is 12.5. The van der Waals surface area contributed by atoms with Crippen LogP contribution in [0.5, 0.6) is 5.75 Å². The molecule has 0 aromatic heterocycles. The number of carboxylic acid groups (broad SMARTS) is 1. The van der Waals surface area contributed by atoms with Crippen LogP contribution in [0.25, 0.3) is 0 Å². The summed E-state index contributed by atoms with van der Waals surface area (Å²) in [6.45, 7) is 2.92. The normalized spacial score (nSPS) is 15.9. The number of carbonyl (C=O) groups excluding carboxylic acids is 2. The first-order valence-corrected chi connectivity index (χ1v) is 13.2. The fourth-order valence-electron chi connectivity index (χ4n) is 3.86. The van der Waals surface area contributed by atoms with Crippen molar-refractivity contribution in [2.45, 2.75) is 51.0 Å². The molecule has 6 atom stereocenters. The minimum atomic E-state index is -1.24. The number of halogens is 1. The number of nitrogens with one attached hydrogen (secondary N) is 2. The molecule has 0 aliphatic heterocycles. The zero-order chi connectivity index (χ0) is 29.8. The Labute approximate surface area is 238 Å². The van der Waals surface area contributed by atoms with Gasteiger partial charge in [0.15, 0.2) is 0 Å². The van der Waals surface area contributed by atoms with Crippen molar-refractivity contribution in [3.05, 3.63) is 76.8 Å². The Balaban J connectivity index is 2.03. The molecule has 0 radical (unpaired) electrons. The van der Waals surface area contributed by atoms with Crippen LogP contribution < -0.4 is 15.4 Å². The Bertz CT molecular complexity index is 1160. The quantitative estimate of drug-likeness (QED) is 0.176. The van der Waals surface area contributed by atoms with Gasteiger partial charge in [-0.2, -0.15) is 0 Å². The van der Waals surface area contributed by atoms with Gasteiger partial charge >= 0.3 is 5.97 Å². The van der Waals surface area contributed by atoms with Crippen molar-refractivity contribution >= 4 is 29.4 Å². The number of carbonyl (C=O) groups is 3. The number of amides is 2. The van der Waals surface area contributed by atoms with Crippen LogP contribution in [-0.4, -0.2) is 70.1 Å². The standard InChI is InChI=1S/C29H37ClN2O8/c1-17(29(38)39)16-31-28(37)22(15-19-12-13-24(40-3)21(30)14-19)32-25(34)11-7-10-23(33)18(2)26(35)27(36)20-8-5-4-6-9-20/h4-9,11-14,17-18,22-23,26-27,33,35-36H,10,15-16H2,1-3H3,(H,31,37)(H,32,34)(H,38,39)/b11-7+/t17-,18+,22+,23+,26-,27+/m1/s1. The van der Waals surface area contributed by atoms with Crippen molar-refractivity contribution in [3.8, 4) is 5.75 Å². The van der Waals surface area contributed by atoms with Crippen molar-refractivity contribution in [3.63, 3.8) is 0 Å². The molecule has 0 aliphatic carbocycles. The summed E-state index contributed by atoms with van der Waals surface area (Å²) < 4.78 is 5.14. The maximum Gasteiger partial charge on any atom is 0.308 e. The molecular weight excluding hydrogens is 540 g/mol. The Morgan fingerprint density at radius 2 is 1.73 bits per heavy atom. The Hall–Kier alpha value is -3.44. The van der Waals surface area contributed by atoms with Gasteiger partial charge in [0, 0.05) is 18.9 Å². The molecule has 0 saturated heterocycles. The van der Waals surface area contributed by atoms with E-state index in [0.717, 1.165) is 6.08 Å². The van der Waals surface area contributed by atoms with Crippen molar-refractivity contribution in [1.29, 1.82) is 0 Å². The van der Waals surface area contributed by atoms with Crippen LogP contribution in [0.1, 0.15) is 37.5 Å². The van der Waals surface area contributed by atoms with Crippen LogP contribution in [0.2, 0.25) is 5.02 Å². The molecule has 10 nitrogen and oxygen atoms in total. The zero-order valence-electron chi connectivity index (χ0n) is 22.7. The number of benzene rings is 2. The summed E-state index contributed by atoms with van der Waals surface area (Å²) in [7, 11) is 1.47. The molecule has 0 bridgehead atoms. The number of carboxylic acids is 1. The molecule has 0 heterocycles. The number of methoxy groups -OCH3 is 1. The van der Waals surface area contributed by atoms with E-state index in [1.807, 2.05) is 0 Å². The topological polar surface area (TPSA) is 165 Å². The third-order valence-corrected chi connectivity index (χ3v) is 6.85. The van der Waals surface area contributed by atoms with E-state index < -0.39 is 54.0 Å². The molecule has 0 aliphatic rings. The van der Waals surface area contributed by atoms with Crippen LogP contribution >= 0.6 is 11.6 Å². The number of hydrogen-bond acceptors (Lipinski definition) is 7. The maximum atomic E-state index is 12.9. The first kappa shape index (κ1) is 32.8. The van der Waals surface area contributed by atoms with Crippen LogP contribution in [0.15, 0.2) is 60.7 Å². The molecule has 0 fully saturated rings. The summed E-state index contributed by atoms with van der Waals surface area (Å²) in [5, 5.41) is 46.0. The van der Waals surface area contributed by atoms with Crippen molar-refractivity contribution in [1.82, 2.24) is 10.6 Å². The van der Waals surface area contributed by atoms with E-state index >= 15 is 0 Å². The lowest BCUT2D eigenvalue weighted by atomic mass is 9.89. The predicted octanol–water partition coefficient (Wildman–Crippen LogP) is 2.25. The number of aliphatic hydroxyl groups excluding tert-OH is 3. The van der Waals surface area contributed by atoms with Crippen LogP contribution in [0, 0.1) is 11.8 Å². The second kappa shape index (κ2) is 16.0. The molecular formula is C29H37ClN2O8. The monoisotopic (exact) mass is 576 g/mol. The van der Waals surface area contributed by atoms with E-state index in [0.29, 0.717) is 21.9 Å². The molecule has 0 unspecified atom stereocenters. The van der Waals surface area contributed by atoms with Crippen molar-refractivity contribution in [2.75, 3.05) is 13.7 Å². The van der Waals surface area contributed by atoms with Crippen LogP contribution in [0.3, 0.4) is 0 Å². The van der Waals surface area contributed by atoms with Gasteiger partial charge in [-0.3, -0.25) is 14.4 Å². The van der Waals surface area contributed by atoms with E-state index in [2.05, 4.69) is 10.6 Å². The minimum Gasteiger partial charge on any atom is -0.495 e. The van der Waals surface area contributed by atoms with Gasteiger partial charge in [-0.05, 0) is 35.8 Å². The molecule has 2 aromatic carbocycles. The fourth-order valence-corrected chi connectivity index (χ4v) is 4.14. The Kier molecular flexibility index (Phi) is 13.1. The Morgan fingerprint density at radius 3 is 2.33 bits per heavy atom. The molecule has 2 amide bonds. The SMILES string of the molecule is COc1ccc(C[C@H](NC(=O)/C=C/C[C@H](O)[C@H](C)[C@@H](O)[C@@H](O)c2ccccc2)C(=O)NC[C@@H](C)C(=O)O)cc1Cl. The van der Waals surface area contributed by atoms with Gasteiger partial charge in [-0.1, -0.05) is 67.9 Å². The summed E-state index contributed by atoms with van der Waals surface area (Å²) in [5.41, 5.74) is 1.15. The predicted molar refractivity (Wildman–Crippen MR) is 150 cm³/mol. The van der Waals surface area contributed by atoms with Gasteiger partial charge in [0.2, 0.25) is 11.8 Å². The molecule has 2 aromatic rings. The molecule has 0 spiro atoms. The minimum absolute atomic E-state index is 0.00817. The first-order chi connectivity index (χ1) is 18.9. The number of aliphatic carboxylic acids is 1. The van der Waals surface area contributed by atoms with Gasteiger partial charge in [0.1, 0.15) is 17.9 Å². The maximum absolute atomic E-state index is 12.9. The zero-order valence-corrected chi connectivity index (χ0v) is 23.4. The van der Waals surface area contributed by atoms with Gasteiger partial charge < -0.3 is 35.8 Å². The highest BCUT2D eigenvalue weighted by molar-refractivity contribution is 6.32. The van der Waals surface area contributed by atoms with Gasteiger partial charge in [-0.15, -0.1) is 0 Å². The highest BCUT2D eigenvalue weighted by Crippen LogP contribution is 2.26. The number of hydrogen-bond donors (Lipinski definition) is 6. The van der Waals surface area contributed by atoms with Crippen LogP contribution in [0.4, 0.5) is 0 Å². The molecule has 0 saturated carbocycles. The average Bonchev–Trinajstić information content (AvgIpc) is 2.94. The smallest absolute Gasteiger partial charge is 0.308 e. The second-order valence-corrected chi connectivity index (χ2v) is 10.0. The van der Waals surface area contributed by atoms with E-state index in [1.165, 1.54) is 20.1 Å². The third-order valence-electron chi connectivity index (χ3n) is 6.55. The average molecular weight is 577 g/mol. The number of rotatable bonds is 15. The summed E-state index contributed by atoms with van der Waals surface area (Å²) in [5.74, 6) is -3.35. The van der Waals surface area contributed by atoms with Crippen LogP contribution in [-0.2, 0) is 20.8 Å². The highest BCUT2D eigenvalue weighted by atomic mass is 35.5. The molecule has 11 heteroatoms. The molecule has 2 rings (SSSR count). The first-order valence-electron chi connectivity index (χ1n) is 12.8. The van der Waals surface area contributed by atoms with Gasteiger partial charge in [0.25, 0.3) is 0 Å². The highest BCUT2D eigenvalue weighted by Gasteiger charge is 2.29. The summed E-state index contributed by atoms with van der Waals surface area (Å²) >= 11 is 6.19. The van der Waals surface area contributed by atoms with Gasteiger partial charge in [0.05, 0.1) is 30.3 Å². The molecule has 218 valence electrons. The second-order valence-electron chi connectivity index (χ2n) is 9.63. The van der Waals surface area contributed by atoms with Crippen molar-refractivity contribution in [2.24, 2.45) is 11.8 Å². The lowest BCUT2D eigenvalue weighted by Crippen LogP contribution is -2.48. The van der Waals surface area contributed by atoms with E-state index in [9.17, 15) is 29.7 Å². The van der Waals surface area contributed by atoms with E-state index in [1.54, 1.807) is 55.5 Å². The lowest BCUT2D eigenvalue weighted by molar-refractivity contribution is -0.141. The number of aliphatic hydroxyl groups is 3. The Morgan fingerprint density at radius 1 is 1.05 bits per heavy atom. The lowest BCUT2D eigenvalue weighted by Gasteiger charge is -2.27. The summed E-state index contributed by atoms with van der Waals surface area (Å²) in [6.07, 6.45) is -0.838. The van der Waals surface area contributed by atoms with Crippen molar-refractivity contribution < 1.29 is 39.5 Å². The molecule has 6 N–H and O–H groups in total. The summed E-state index contributed by atoms with van der Waals surface area (Å²) in [4.78, 5) is 36.6.